The summed E-state index contributed by atoms with van der Waals surface area (Å²) in [6, 6.07) is 17.9. The third kappa shape index (κ3) is 4.26. The average molecular weight is 463 g/mol. The van der Waals surface area contributed by atoms with Crippen molar-refractivity contribution in [1.82, 2.24) is 19.7 Å². The highest BCUT2D eigenvalue weighted by molar-refractivity contribution is 8.26. The Morgan fingerprint density at radius 2 is 1.97 bits per heavy atom. The number of nitrogens with zero attached hydrogens (tertiary/aromatic N) is 4. The first kappa shape index (κ1) is 21.1. The third-order valence-corrected chi connectivity index (χ3v) is 6.86. The SMILES string of the molecule is Cc1ccc(-c2nc(C=C3SC(=S)N(CC4CCCO4)C3=O)n(-c3ccccc3)n2)cc1. The Labute approximate surface area is 196 Å². The molecule has 2 fully saturated rings. The molecule has 2 saturated heterocycles. The van der Waals surface area contributed by atoms with E-state index in [9.17, 15) is 4.79 Å². The minimum absolute atomic E-state index is 0.0537. The number of amides is 1. The lowest BCUT2D eigenvalue weighted by atomic mass is 10.1. The number of hydrogen-bond acceptors (Lipinski definition) is 6. The fourth-order valence-corrected chi connectivity index (χ4v) is 5.01. The first-order valence-corrected chi connectivity index (χ1v) is 11.8. The monoisotopic (exact) mass is 462 g/mol. The van der Waals surface area contributed by atoms with Crippen LogP contribution in [0, 0.1) is 6.92 Å². The van der Waals surface area contributed by atoms with Gasteiger partial charge >= 0.3 is 0 Å². The zero-order valence-electron chi connectivity index (χ0n) is 17.6. The number of carbonyl (C=O) groups excluding carboxylic acids is 1. The molecule has 0 aliphatic carbocycles. The van der Waals surface area contributed by atoms with Gasteiger partial charge in [0.1, 0.15) is 4.32 Å². The summed E-state index contributed by atoms with van der Waals surface area (Å²) >= 11 is 6.80. The Kier molecular flexibility index (Phi) is 5.91. The van der Waals surface area contributed by atoms with Gasteiger partial charge in [0.25, 0.3) is 5.91 Å². The summed E-state index contributed by atoms with van der Waals surface area (Å²) in [4.78, 5) is 20.1. The molecule has 8 heteroatoms. The molecule has 6 nitrogen and oxygen atoms in total. The standard InChI is InChI=1S/C24H22N4O2S2/c1-16-9-11-17(12-10-16)22-25-21(28(26-22)18-6-3-2-4-7-18)14-20-23(29)27(24(31)32-20)15-19-8-5-13-30-19/h2-4,6-7,9-12,14,19H,5,8,13,15H2,1H3. The number of thioether (sulfide) groups is 1. The van der Waals surface area contributed by atoms with Gasteiger partial charge in [-0.05, 0) is 31.9 Å². The van der Waals surface area contributed by atoms with Gasteiger partial charge in [-0.25, -0.2) is 9.67 Å². The number of rotatable bonds is 5. The van der Waals surface area contributed by atoms with Gasteiger partial charge in [0.2, 0.25) is 0 Å². The van der Waals surface area contributed by atoms with Gasteiger partial charge in [-0.3, -0.25) is 9.69 Å². The van der Waals surface area contributed by atoms with Crippen molar-refractivity contribution in [3.8, 4) is 17.1 Å². The molecule has 2 aliphatic rings. The van der Waals surface area contributed by atoms with Gasteiger partial charge in [-0.15, -0.1) is 5.10 Å². The van der Waals surface area contributed by atoms with E-state index in [-0.39, 0.29) is 12.0 Å². The molecule has 5 rings (SSSR count). The maximum Gasteiger partial charge on any atom is 0.266 e. The second-order valence-corrected chi connectivity index (χ2v) is 9.51. The maximum absolute atomic E-state index is 13.1. The van der Waals surface area contributed by atoms with Crippen molar-refractivity contribution in [3.63, 3.8) is 0 Å². The van der Waals surface area contributed by atoms with Crippen molar-refractivity contribution >= 4 is 40.3 Å². The predicted molar refractivity (Wildman–Crippen MR) is 130 cm³/mol. The summed E-state index contributed by atoms with van der Waals surface area (Å²) in [5.74, 6) is 1.09. The highest BCUT2D eigenvalue weighted by Gasteiger charge is 2.35. The molecule has 0 spiro atoms. The molecule has 0 saturated carbocycles. The van der Waals surface area contributed by atoms with Gasteiger partial charge in [-0.1, -0.05) is 72.0 Å². The summed E-state index contributed by atoms with van der Waals surface area (Å²) < 4.78 is 8.02. The molecule has 2 aliphatic heterocycles. The molecule has 1 unspecified atom stereocenters. The first-order valence-electron chi connectivity index (χ1n) is 10.5. The number of carbonyl (C=O) groups is 1. The Hall–Kier alpha value is -2.81. The molecule has 0 radical (unpaired) electrons. The van der Waals surface area contributed by atoms with Gasteiger partial charge in [0.15, 0.2) is 11.6 Å². The Bertz CT molecular complexity index is 1180. The van der Waals surface area contributed by atoms with E-state index < -0.39 is 0 Å². The van der Waals surface area contributed by atoms with Crippen molar-refractivity contribution in [3.05, 3.63) is 70.9 Å². The van der Waals surface area contributed by atoms with Gasteiger partial charge in [0.05, 0.1) is 23.2 Å². The average Bonchev–Trinajstić information content (AvgIpc) is 3.53. The van der Waals surface area contributed by atoms with Crippen LogP contribution >= 0.6 is 24.0 Å². The lowest BCUT2D eigenvalue weighted by Crippen LogP contribution is -2.35. The van der Waals surface area contributed by atoms with Gasteiger partial charge in [-0.2, -0.15) is 0 Å². The van der Waals surface area contributed by atoms with E-state index in [2.05, 4.69) is 0 Å². The Balaban J connectivity index is 1.50. The molecule has 32 heavy (non-hydrogen) atoms. The van der Waals surface area contributed by atoms with Gasteiger partial charge < -0.3 is 4.74 Å². The largest absolute Gasteiger partial charge is 0.376 e. The van der Waals surface area contributed by atoms with E-state index in [1.165, 1.54) is 17.3 Å². The molecule has 1 aromatic heterocycles. The third-order valence-electron chi connectivity index (χ3n) is 5.49. The second-order valence-electron chi connectivity index (χ2n) is 7.83. The fraction of sp³-hybridized carbons (Fsp3) is 0.250. The lowest BCUT2D eigenvalue weighted by Gasteiger charge is -2.18. The molecule has 162 valence electrons. The topological polar surface area (TPSA) is 60.3 Å². The second kappa shape index (κ2) is 8.97. The highest BCUT2D eigenvalue weighted by atomic mass is 32.2. The molecule has 3 heterocycles. The molecule has 2 aromatic carbocycles. The van der Waals surface area contributed by atoms with Crippen LogP contribution in [-0.2, 0) is 9.53 Å². The summed E-state index contributed by atoms with van der Waals surface area (Å²) in [5.41, 5.74) is 2.97. The summed E-state index contributed by atoms with van der Waals surface area (Å²) in [5, 5.41) is 4.74. The number of aryl methyl sites for hydroxylation is 1. The number of para-hydroxylation sites is 1. The fourth-order valence-electron chi connectivity index (χ4n) is 3.77. The molecule has 0 N–H and O–H groups in total. The van der Waals surface area contributed by atoms with Crippen molar-refractivity contribution in [2.45, 2.75) is 25.9 Å². The quantitative estimate of drug-likeness (QED) is 0.407. The van der Waals surface area contributed by atoms with Crippen LogP contribution in [0.4, 0.5) is 0 Å². The van der Waals surface area contributed by atoms with Crippen LogP contribution in [0.15, 0.2) is 59.5 Å². The summed E-state index contributed by atoms with van der Waals surface area (Å²) in [6.07, 6.45) is 3.82. The Morgan fingerprint density at radius 3 is 2.69 bits per heavy atom. The van der Waals surface area contributed by atoms with E-state index >= 15 is 0 Å². The minimum Gasteiger partial charge on any atom is -0.376 e. The van der Waals surface area contributed by atoms with E-state index in [1.54, 1.807) is 15.7 Å². The minimum atomic E-state index is -0.102. The van der Waals surface area contributed by atoms with Crippen LogP contribution in [0.1, 0.15) is 24.2 Å². The van der Waals surface area contributed by atoms with Crippen LogP contribution in [0.2, 0.25) is 0 Å². The summed E-state index contributed by atoms with van der Waals surface area (Å²) in [7, 11) is 0. The smallest absolute Gasteiger partial charge is 0.266 e. The number of aromatic nitrogens is 3. The van der Waals surface area contributed by atoms with E-state index in [1.807, 2.05) is 61.5 Å². The van der Waals surface area contributed by atoms with Crippen molar-refractivity contribution in [2.24, 2.45) is 0 Å². The Morgan fingerprint density at radius 1 is 1.19 bits per heavy atom. The van der Waals surface area contributed by atoms with Crippen molar-refractivity contribution < 1.29 is 9.53 Å². The van der Waals surface area contributed by atoms with E-state index in [0.29, 0.717) is 27.4 Å². The molecule has 1 amide bonds. The molecular weight excluding hydrogens is 440 g/mol. The number of hydrogen-bond donors (Lipinski definition) is 0. The number of benzene rings is 2. The van der Waals surface area contributed by atoms with E-state index in [4.69, 9.17) is 27.0 Å². The van der Waals surface area contributed by atoms with Crippen molar-refractivity contribution in [1.29, 1.82) is 0 Å². The first-order chi connectivity index (χ1) is 15.6. The maximum atomic E-state index is 13.1. The van der Waals surface area contributed by atoms with Crippen LogP contribution in [-0.4, -0.2) is 49.1 Å². The van der Waals surface area contributed by atoms with Crippen LogP contribution in [0.3, 0.4) is 0 Å². The van der Waals surface area contributed by atoms with Crippen LogP contribution < -0.4 is 0 Å². The van der Waals surface area contributed by atoms with Crippen LogP contribution in [0.5, 0.6) is 0 Å². The molecular formula is C24H22N4O2S2. The summed E-state index contributed by atoms with van der Waals surface area (Å²) in [6.45, 7) is 3.29. The lowest BCUT2D eigenvalue weighted by molar-refractivity contribution is -0.123. The zero-order valence-corrected chi connectivity index (χ0v) is 19.2. The van der Waals surface area contributed by atoms with Crippen molar-refractivity contribution in [2.75, 3.05) is 13.2 Å². The molecule has 1 atom stereocenters. The van der Waals surface area contributed by atoms with Gasteiger partial charge in [0, 0.05) is 18.2 Å². The van der Waals surface area contributed by atoms with Crippen LogP contribution in [0.25, 0.3) is 23.2 Å². The molecule has 0 bridgehead atoms. The molecule has 3 aromatic rings. The number of ether oxygens (including phenoxy) is 1. The predicted octanol–water partition coefficient (Wildman–Crippen LogP) is 4.62. The van der Waals surface area contributed by atoms with E-state index in [0.717, 1.165) is 30.7 Å². The number of thiocarbonyl (C=S) groups is 1. The highest BCUT2D eigenvalue weighted by Crippen LogP contribution is 2.34. The normalized spacial score (nSPS) is 20.0. The zero-order chi connectivity index (χ0) is 22.1.